The minimum Gasteiger partial charge on any atom is -0.383 e. The van der Waals surface area contributed by atoms with Crippen LogP contribution in [0.4, 0.5) is 5.82 Å². The molecular weight excluding hydrogens is 455 g/mol. The molecule has 1 aromatic rings. The van der Waals surface area contributed by atoms with E-state index in [0.717, 1.165) is 16.3 Å². The van der Waals surface area contributed by atoms with Crippen molar-refractivity contribution in [1.29, 1.82) is 0 Å². The zero-order valence-corrected chi connectivity index (χ0v) is 16.5. The molecule has 154 valence electrons. The van der Waals surface area contributed by atoms with Crippen molar-refractivity contribution in [2.24, 2.45) is 0 Å². The molecule has 2 rings (SSSR count). The van der Waals surface area contributed by atoms with Gasteiger partial charge in [-0.2, -0.15) is 13.6 Å². The Balaban J connectivity index is 1.91. The standard InChI is InChI=1S/C8H14N3O12P3S/c9-5-1-2-11(8(12)10-5)6-4-27-7(21-6)3-20-25(16,17)23-26(18,19)22-24(13,14)15/h1-2,6-7H,3-4H2,(H,16,17)(H,18,19)(H2,9,10,12)(H2,13,14,15). The number of nitrogens with two attached hydrogens (primary N) is 1. The van der Waals surface area contributed by atoms with Crippen molar-refractivity contribution in [3.05, 3.63) is 22.7 Å². The van der Waals surface area contributed by atoms with Crippen LogP contribution < -0.4 is 11.4 Å². The van der Waals surface area contributed by atoms with Crippen molar-refractivity contribution < 1.29 is 51.2 Å². The fourth-order valence-electron chi connectivity index (χ4n) is 1.78. The van der Waals surface area contributed by atoms with Gasteiger partial charge >= 0.3 is 29.2 Å². The van der Waals surface area contributed by atoms with Crippen LogP contribution in [0.5, 0.6) is 0 Å². The molecule has 1 aliphatic rings. The lowest BCUT2D eigenvalue weighted by Gasteiger charge is -2.18. The van der Waals surface area contributed by atoms with Crippen LogP contribution in [0.2, 0.25) is 0 Å². The first-order valence-electron chi connectivity index (χ1n) is 6.66. The number of hydrogen-bond acceptors (Lipinski definition) is 11. The minimum atomic E-state index is -5.58. The van der Waals surface area contributed by atoms with E-state index in [2.05, 4.69) is 18.1 Å². The molecular formula is C8H14N3O12P3S. The van der Waals surface area contributed by atoms with Crippen LogP contribution in [-0.2, 0) is 31.6 Å². The number of hydrogen-bond donors (Lipinski definition) is 5. The third-order valence-corrected chi connectivity index (χ3v) is 7.58. The molecule has 0 spiro atoms. The Hall–Kier alpha value is -0.600. The van der Waals surface area contributed by atoms with Gasteiger partial charge in [-0.3, -0.25) is 9.09 Å². The first kappa shape index (κ1) is 22.7. The maximum Gasteiger partial charge on any atom is 0.490 e. The van der Waals surface area contributed by atoms with E-state index in [1.807, 2.05) is 0 Å². The third-order valence-electron chi connectivity index (χ3n) is 2.69. The van der Waals surface area contributed by atoms with E-state index < -0.39 is 47.4 Å². The Morgan fingerprint density at radius 2 is 1.93 bits per heavy atom. The van der Waals surface area contributed by atoms with Crippen LogP contribution >= 0.6 is 35.2 Å². The molecule has 4 unspecified atom stereocenters. The van der Waals surface area contributed by atoms with Crippen LogP contribution in [0.25, 0.3) is 0 Å². The van der Waals surface area contributed by atoms with E-state index in [4.69, 9.17) is 25.2 Å². The largest absolute Gasteiger partial charge is 0.490 e. The Bertz CT molecular complexity index is 887. The first-order valence-corrected chi connectivity index (χ1v) is 12.2. The van der Waals surface area contributed by atoms with E-state index in [-0.39, 0.29) is 11.6 Å². The number of rotatable bonds is 8. The molecule has 27 heavy (non-hydrogen) atoms. The maximum absolute atomic E-state index is 11.7. The summed E-state index contributed by atoms with van der Waals surface area (Å²) in [5.74, 6) is 0.266. The topological polar surface area (TPSA) is 230 Å². The second-order valence-electron chi connectivity index (χ2n) is 4.78. The molecule has 1 aromatic heterocycles. The number of nitrogen functional groups attached to an aromatic ring is 1. The predicted molar refractivity (Wildman–Crippen MR) is 89.1 cm³/mol. The summed E-state index contributed by atoms with van der Waals surface area (Å²) in [6.07, 6.45) is 0.575. The average molecular weight is 469 g/mol. The number of anilines is 1. The van der Waals surface area contributed by atoms with Gasteiger partial charge in [-0.25, -0.2) is 18.5 Å². The SMILES string of the molecule is Nc1ccn(C2CSC(COP(=O)(O)OP(=O)(O)OP(=O)(O)O)O2)c(=O)n1. The predicted octanol–water partition coefficient (Wildman–Crippen LogP) is -0.243. The highest BCUT2D eigenvalue weighted by Gasteiger charge is 2.41. The molecule has 0 bridgehead atoms. The van der Waals surface area contributed by atoms with Crippen molar-refractivity contribution in [2.75, 3.05) is 18.1 Å². The van der Waals surface area contributed by atoms with Gasteiger partial charge in [-0.15, -0.1) is 11.8 Å². The summed E-state index contributed by atoms with van der Waals surface area (Å²) in [6.45, 7) is -0.623. The van der Waals surface area contributed by atoms with E-state index in [9.17, 15) is 23.4 Å². The molecule has 0 aliphatic carbocycles. The van der Waals surface area contributed by atoms with E-state index in [1.54, 1.807) is 0 Å². The molecule has 1 aliphatic heterocycles. The van der Waals surface area contributed by atoms with E-state index in [1.165, 1.54) is 12.3 Å². The third kappa shape index (κ3) is 7.38. The number of aromatic nitrogens is 2. The zero-order chi connectivity index (χ0) is 20.5. The van der Waals surface area contributed by atoms with Crippen LogP contribution in [-0.4, -0.2) is 46.9 Å². The normalized spacial score (nSPS) is 25.0. The highest BCUT2D eigenvalue weighted by Crippen LogP contribution is 2.66. The highest BCUT2D eigenvalue weighted by atomic mass is 32.2. The number of phosphoric ester groups is 1. The van der Waals surface area contributed by atoms with Crippen molar-refractivity contribution in [1.82, 2.24) is 9.55 Å². The van der Waals surface area contributed by atoms with Gasteiger partial charge in [0.1, 0.15) is 17.5 Å². The van der Waals surface area contributed by atoms with Gasteiger partial charge in [-0.1, -0.05) is 0 Å². The van der Waals surface area contributed by atoms with Gasteiger partial charge in [0.2, 0.25) is 0 Å². The molecule has 6 N–H and O–H groups in total. The molecule has 15 nitrogen and oxygen atoms in total. The van der Waals surface area contributed by atoms with E-state index >= 15 is 0 Å². The summed E-state index contributed by atoms with van der Waals surface area (Å²) >= 11 is 1.09. The summed E-state index contributed by atoms with van der Waals surface area (Å²) in [5, 5.41) is 0. The van der Waals surface area contributed by atoms with Gasteiger partial charge in [-0.05, 0) is 6.07 Å². The summed E-state index contributed by atoms with van der Waals surface area (Å²) < 4.78 is 51.5. The van der Waals surface area contributed by atoms with Gasteiger partial charge in [0.25, 0.3) is 0 Å². The Morgan fingerprint density at radius 3 is 2.52 bits per heavy atom. The first-order chi connectivity index (χ1) is 12.3. The average Bonchev–Trinajstić information content (AvgIpc) is 2.90. The van der Waals surface area contributed by atoms with E-state index in [0.29, 0.717) is 0 Å². The van der Waals surface area contributed by atoms with Gasteiger partial charge < -0.3 is 30.0 Å². The Labute approximate surface area is 154 Å². The van der Waals surface area contributed by atoms with Crippen molar-refractivity contribution in [3.8, 4) is 0 Å². The molecule has 0 amide bonds. The fourth-order valence-corrected chi connectivity index (χ4v) is 5.89. The van der Waals surface area contributed by atoms with Gasteiger partial charge in [0, 0.05) is 11.9 Å². The lowest BCUT2D eigenvalue weighted by Crippen LogP contribution is -2.28. The number of ether oxygens (including phenoxy) is 1. The van der Waals surface area contributed by atoms with Crippen LogP contribution in [0.3, 0.4) is 0 Å². The minimum absolute atomic E-state index is 0.0195. The summed E-state index contributed by atoms with van der Waals surface area (Å²) in [7, 11) is -16.3. The summed E-state index contributed by atoms with van der Waals surface area (Å²) in [5.41, 5.74) is 3.83. The molecule has 0 aromatic carbocycles. The number of thioether (sulfide) groups is 1. The van der Waals surface area contributed by atoms with Crippen molar-refractivity contribution in [3.63, 3.8) is 0 Å². The zero-order valence-electron chi connectivity index (χ0n) is 13.0. The maximum atomic E-state index is 11.7. The molecule has 4 atom stereocenters. The van der Waals surface area contributed by atoms with Crippen LogP contribution in [0.1, 0.15) is 6.23 Å². The second-order valence-corrected chi connectivity index (χ2v) is 10.4. The molecule has 19 heteroatoms. The quantitative estimate of drug-likeness (QED) is 0.309. The fraction of sp³-hybridized carbons (Fsp3) is 0.500. The van der Waals surface area contributed by atoms with Gasteiger partial charge in [0.05, 0.1) is 6.61 Å². The monoisotopic (exact) mass is 469 g/mol. The van der Waals surface area contributed by atoms with Crippen LogP contribution in [0.15, 0.2) is 17.1 Å². The number of phosphoric acid groups is 3. The second kappa shape index (κ2) is 8.41. The highest BCUT2D eigenvalue weighted by molar-refractivity contribution is 8.00. The summed E-state index contributed by atoms with van der Waals surface area (Å²) in [6, 6.07) is 1.37. The van der Waals surface area contributed by atoms with Crippen molar-refractivity contribution in [2.45, 2.75) is 11.7 Å². The molecule has 0 saturated carbocycles. The van der Waals surface area contributed by atoms with Crippen LogP contribution in [0, 0.1) is 0 Å². The number of nitrogens with zero attached hydrogens (tertiary/aromatic N) is 2. The molecule has 1 fully saturated rings. The van der Waals surface area contributed by atoms with Gasteiger partial charge in [0.15, 0.2) is 0 Å². The Kier molecular flexibility index (Phi) is 7.07. The summed E-state index contributed by atoms with van der Waals surface area (Å²) in [4.78, 5) is 50.5. The van der Waals surface area contributed by atoms with Crippen molar-refractivity contribution >= 4 is 41.0 Å². The Morgan fingerprint density at radius 1 is 1.26 bits per heavy atom. The molecule has 0 radical (unpaired) electrons. The lowest BCUT2D eigenvalue weighted by atomic mass is 10.5. The molecule has 2 heterocycles. The lowest BCUT2D eigenvalue weighted by molar-refractivity contribution is -0.00646. The molecule has 1 saturated heterocycles. The smallest absolute Gasteiger partial charge is 0.383 e.